The Hall–Kier alpha value is -2.51. The van der Waals surface area contributed by atoms with Crippen LogP contribution in [0.2, 0.25) is 0 Å². The van der Waals surface area contributed by atoms with Crippen LogP contribution >= 0.6 is 7.81 Å². The van der Waals surface area contributed by atoms with Crippen LogP contribution in [0.15, 0.2) is 83.8 Å². The zero-order valence-corrected chi connectivity index (χ0v) is 16.4. The summed E-state index contributed by atoms with van der Waals surface area (Å²) in [6.45, 7) is 0. The molecule has 0 amide bonds. The van der Waals surface area contributed by atoms with E-state index in [1.165, 1.54) is 0 Å². The fourth-order valence-corrected chi connectivity index (χ4v) is 2.26. The Morgan fingerprint density at radius 3 is 1.48 bits per heavy atom. The van der Waals surface area contributed by atoms with E-state index in [9.17, 15) is 30.0 Å². The summed E-state index contributed by atoms with van der Waals surface area (Å²) in [6.07, 6.45) is 0. The van der Waals surface area contributed by atoms with Crippen molar-refractivity contribution < 1.29 is 34.7 Å². The molecule has 0 aliphatic carbocycles. The van der Waals surface area contributed by atoms with Gasteiger partial charge in [0.2, 0.25) is 0 Å². The number of hydrogen-bond acceptors (Lipinski definition) is 2. The van der Waals surface area contributed by atoms with Crippen LogP contribution in [0.5, 0.6) is 11.5 Å². The smallest absolute Gasteiger partial charge is 0.193 e. The van der Waals surface area contributed by atoms with E-state index in [1.807, 2.05) is 54.6 Å². The Balaban J connectivity index is 0.000000370. The molecule has 0 aromatic heterocycles. The van der Waals surface area contributed by atoms with Gasteiger partial charge >= 0.3 is 33.0 Å². The van der Waals surface area contributed by atoms with Gasteiger partial charge < -0.3 is 4.74 Å². The minimum Gasteiger partial charge on any atom is -0.457 e. The Morgan fingerprint density at radius 1 is 0.655 bits per heavy atom. The molecule has 0 bridgehead atoms. The monoisotopic (exact) mass is 452 g/mol. The first-order chi connectivity index (χ1) is 13.2. The van der Waals surface area contributed by atoms with Gasteiger partial charge in [-0.05, 0) is 61.2 Å². The SMILES string of the molecule is F[P-](F)(F)(F)(F)F.O=C(c1ccccc1)c1ccc(Oc2ccc([SH2+])cc2)cc1. The Bertz CT molecular complexity index is 963. The fourth-order valence-electron chi connectivity index (χ4n) is 2.09. The molecule has 0 heterocycles. The van der Waals surface area contributed by atoms with Gasteiger partial charge in [-0.2, -0.15) is 0 Å². The molecular formula is C19H15F6O2PS. The Morgan fingerprint density at radius 2 is 1.03 bits per heavy atom. The second-order valence-corrected chi connectivity index (χ2v) is 8.30. The fraction of sp³-hybridized carbons (Fsp3) is 0. The Kier molecular flexibility index (Phi) is 6.07. The number of carbonyl (C=O) groups is 1. The van der Waals surface area contributed by atoms with Crippen LogP contribution < -0.4 is 4.74 Å². The molecule has 0 saturated carbocycles. The maximum absolute atomic E-state index is 12.3. The largest absolute Gasteiger partial charge is 0.457 e. The van der Waals surface area contributed by atoms with Crippen LogP contribution in [0.4, 0.5) is 25.2 Å². The van der Waals surface area contributed by atoms with Crippen molar-refractivity contribution in [1.29, 1.82) is 0 Å². The molecule has 0 atom stereocenters. The summed E-state index contributed by atoms with van der Waals surface area (Å²) in [6, 6.07) is 24.0. The molecule has 0 fully saturated rings. The van der Waals surface area contributed by atoms with Crippen molar-refractivity contribution in [2.45, 2.75) is 4.90 Å². The maximum Gasteiger partial charge on any atom is 0.193 e. The second-order valence-electron chi connectivity index (χ2n) is 5.80. The van der Waals surface area contributed by atoms with Crippen LogP contribution in [0, 0.1) is 0 Å². The van der Waals surface area contributed by atoms with E-state index in [0.717, 1.165) is 10.6 Å². The average molecular weight is 452 g/mol. The first-order valence-corrected chi connectivity index (χ1v) is 10.5. The third kappa shape index (κ3) is 10.0. The van der Waals surface area contributed by atoms with Crippen molar-refractivity contribution in [3.8, 4) is 11.5 Å². The molecule has 0 saturated heterocycles. The van der Waals surface area contributed by atoms with Crippen molar-refractivity contribution in [3.05, 3.63) is 90.0 Å². The predicted molar refractivity (Wildman–Crippen MR) is 105 cm³/mol. The van der Waals surface area contributed by atoms with E-state index in [2.05, 4.69) is 12.6 Å². The van der Waals surface area contributed by atoms with Gasteiger partial charge in [0.25, 0.3) is 0 Å². The molecule has 0 spiro atoms. The number of rotatable bonds is 4. The number of hydrogen-bond donors (Lipinski definition) is 0. The van der Waals surface area contributed by atoms with Gasteiger partial charge in [0.15, 0.2) is 10.7 Å². The van der Waals surface area contributed by atoms with E-state index in [-0.39, 0.29) is 5.78 Å². The molecule has 29 heavy (non-hydrogen) atoms. The van der Waals surface area contributed by atoms with Crippen LogP contribution in [0.1, 0.15) is 15.9 Å². The van der Waals surface area contributed by atoms with Gasteiger partial charge in [-0.3, -0.25) is 4.79 Å². The zero-order chi connectivity index (χ0) is 21.8. The van der Waals surface area contributed by atoms with E-state index in [0.29, 0.717) is 16.9 Å². The molecule has 156 valence electrons. The number of ether oxygens (including phenoxy) is 1. The molecular weight excluding hydrogens is 437 g/mol. The van der Waals surface area contributed by atoms with Crippen molar-refractivity contribution >= 4 is 26.2 Å². The van der Waals surface area contributed by atoms with Crippen LogP contribution in [-0.2, 0) is 12.6 Å². The summed E-state index contributed by atoms with van der Waals surface area (Å²) in [7, 11) is -10.7. The van der Waals surface area contributed by atoms with Gasteiger partial charge in [-0.1, -0.05) is 30.3 Å². The first-order valence-electron chi connectivity index (χ1n) is 7.93. The molecule has 10 heteroatoms. The molecule has 0 radical (unpaired) electrons. The zero-order valence-electron chi connectivity index (χ0n) is 14.5. The predicted octanol–water partition coefficient (Wildman–Crippen LogP) is 7.46. The summed E-state index contributed by atoms with van der Waals surface area (Å²) in [5, 5.41) is 0. The van der Waals surface area contributed by atoms with Gasteiger partial charge in [0.05, 0.1) is 0 Å². The van der Waals surface area contributed by atoms with E-state index in [1.54, 1.807) is 24.3 Å². The number of halogens is 6. The maximum atomic E-state index is 12.3. The molecule has 0 aliphatic rings. The van der Waals surface area contributed by atoms with E-state index < -0.39 is 7.81 Å². The minimum absolute atomic E-state index is 0.00976. The summed E-state index contributed by atoms with van der Waals surface area (Å²) >= 11 is 3.44. The topological polar surface area (TPSA) is 26.3 Å². The summed E-state index contributed by atoms with van der Waals surface area (Å²) in [5.74, 6) is 1.46. The van der Waals surface area contributed by atoms with Crippen molar-refractivity contribution in [3.63, 3.8) is 0 Å². The number of carbonyl (C=O) groups excluding carboxylic acids is 1. The van der Waals surface area contributed by atoms with Crippen LogP contribution in [0.3, 0.4) is 0 Å². The third-order valence-electron chi connectivity index (χ3n) is 3.24. The van der Waals surface area contributed by atoms with Gasteiger partial charge in [0, 0.05) is 11.1 Å². The first kappa shape index (κ1) is 22.8. The van der Waals surface area contributed by atoms with Crippen LogP contribution in [0.25, 0.3) is 0 Å². The summed E-state index contributed by atoms with van der Waals surface area (Å²) in [5.41, 5.74) is 1.33. The standard InChI is InChI=1S/C19H14O2S.F6P/c20-19(14-4-2-1-3-5-14)15-6-8-16(9-7-15)21-17-10-12-18(22)13-11-17;1-7(2,3,4,5)6/h1-13,22H;/q;-1/p+1. The molecule has 0 aliphatic heterocycles. The summed E-state index contributed by atoms with van der Waals surface area (Å²) < 4.78 is 64.9. The average Bonchev–Trinajstić information content (AvgIpc) is 2.62. The van der Waals surface area contributed by atoms with E-state index in [4.69, 9.17) is 4.74 Å². The molecule has 0 N–H and O–H groups in total. The quantitative estimate of drug-likeness (QED) is 0.178. The Labute approximate surface area is 167 Å². The van der Waals surface area contributed by atoms with Crippen LogP contribution in [-0.4, -0.2) is 5.78 Å². The second kappa shape index (κ2) is 7.72. The molecule has 3 rings (SSSR count). The van der Waals surface area contributed by atoms with Crippen molar-refractivity contribution in [1.82, 2.24) is 0 Å². The molecule has 3 aromatic rings. The minimum atomic E-state index is -10.7. The number of benzene rings is 3. The van der Waals surface area contributed by atoms with Crippen molar-refractivity contribution in [2.24, 2.45) is 0 Å². The third-order valence-corrected chi connectivity index (χ3v) is 3.58. The van der Waals surface area contributed by atoms with E-state index >= 15 is 0 Å². The molecule has 0 unspecified atom stereocenters. The van der Waals surface area contributed by atoms with Gasteiger partial charge in [-0.25, -0.2) is 0 Å². The van der Waals surface area contributed by atoms with Gasteiger partial charge in [-0.15, -0.1) is 0 Å². The van der Waals surface area contributed by atoms with Crippen molar-refractivity contribution in [2.75, 3.05) is 0 Å². The van der Waals surface area contributed by atoms with Gasteiger partial charge in [0.1, 0.15) is 11.5 Å². The molecule has 2 nitrogen and oxygen atoms in total. The summed E-state index contributed by atoms with van der Waals surface area (Å²) in [4.78, 5) is 13.3. The molecule has 3 aromatic carbocycles. The normalized spacial score (nSPS) is 13.3. The number of ketones is 1.